The summed E-state index contributed by atoms with van der Waals surface area (Å²) in [5, 5.41) is 3.18. The maximum Gasteiger partial charge on any atom is 0.264 e. The first-order valence-corrected chi connectivity index (χ1v) is 18.5. The Morgan fingerprint density at radius 2 is 1.47 bits per heavy atom. The summed E-state index contributed by atoms with van der Waals surface area (Å²) < 4.78 is 44.9. The van der Waals surface area contributed by atoms with Gasteiger partial charge < -0.3 is 10.2 Å². The fourth-order valence-electron chi connectivity index (χ4n) is 6.30. The molecule has 1 saturated carbocycles. The van der Waals surface area contributed by atoms with E-state index >= 15 is 4.39 Å². The highest BCUT2D eigenvalue weighted by atomic mass is 32.2. The molecule has 4 aromatic carbocycles. The number of aryl methyl sites for hydroxylation is 1. The molecule has 5 rings (SSSR count). The van der Waals surface area contributed by atoms with Gasteiger partial charge >= 0.3 is 0 Å². The number of rotatable bonds is 13. The average molecular weight is 684 g/mol. The van der Waals surface area contributed by atoms with E-state index in [1.807, 2.05) is 63.2 Å². The lowest BCUT2D eigenvalue weighted by molar-refractivity contribution is -0.140. The standard InChI is InChI=1S/C40H46FN3O4S/c1-29(2)32-20-22-35(23-21-32)44(49(47,48)36-24-18-30(3)19-25-36)28-39(45)43(27-33-14-10-11-17-37(33)41)38(26-31-12-6-4-7-13-31)40(46)42-34-15-8-5-9-16-34/h4,6-7,10-14,17-25,29,34,38H,5,8-9,15-16,26-28H2,1-3H3,(H,42,46)/t38-/m0/s1. The van der Waals surface area contributed by atoms with Crippen LogP contribution in [0.4, 0.5) is 10.1 Å². The summed E-state index contributed by atoms with van der Waals surface area (Å²) in [6.07, 6.45) is 5.00. The highest BCUT2D eigenvalue weighted by Crippen LogP contribution is 2.28. The second kappa shape index (κ2) is 16.3. The largest absolute Gasteiger partial charge is 0.352 e. The van der Waals surface area contributed by atoms with Gasteiger partial charge in [0.25, 0.3) is 10.0 Å². The molecule has 0 radical (unpaired) electrons. The van der Waals surface area contributed by atoms with Crippen molar-refractivity contribution < 1.29 is 22.4 Å². The van der Waals surface area contributed by atoms with Crippen molar-refractivity contribution in [3.63, 3.8) is 0 Å². The Balaban J connectivity index is 1.57. The second-order valence-electron chi connectivity index (χ2n) is 13.2. The van der Waals surface area contributed by atoms with E-state index in [1.54, 1.807) is 42.5 Å². The predicted octanol–water partition coefficient (Wildman–Crippen LogP) is 7.54. The molecule has 0 bridgehead atoms. The van der Waals surface area contributed by atoms with E-state index in [0.717, 1.165) is 53.1 Å². The molecule has 1 aliphatic rings. The van der Waals surface area contributed by atoms with Crippen LogP contribution in [0.15, 0.2) is 108 Å². The average Bonchev–Trinajstić information content (AvgIpc) is 3.10. The van der Waals surface area contributed by atoms with Crippen molar-refractivity contribution in [2.75, 3.05) is 10.8 Å². The summed E-state index contributed by atoms with van der Waals surface area (Å²) in [6.45, 7) is 5.16. The number of carbonyl (C=O) groups is 2. The lowest BCUT2D eigenvalue weighted by Gasteiger charge is -2.35. The SMILES string of the molecule is Cc1ccc(S(=O)(=O)N(CC(=O)N(Cc2ccccc2F)[C@@H](Cc2ccccc2)C(=O)NC2CCCCC2)c2ccc(C(C)C)cc2)cc1. The Morgan fingerprint density at radius 1 is 0.837 bits per heavy atom. The molecule has 49 heavy (non-hydrogen) atoms. The number of nitrogens with zero attached hydrogens (tertiary/aromatic N) is 2. The van der Waals surface area contributed by atoms with Crippen molar-refractivity contribution >= 4 is 27.5 Å². The third-order valence-electron chi connectivity index (χ3n) is 9.26. The van der Waals surface area contributed by atoms with Crippen LogP contribution in [0.2, 0.25) is 0 Å². The van der Waals surface area contributed by atoms with Gasteiger partial charge in [0.15, 0.2) is 0 Å². The number of anilines is 1. The van der Waals surface area contributed by atoms with Crippen LogP contribution in [0, 0.1) is 12.7 Å². The Hall–Kier alpha value is -4.50. The van der Waals surface area contributed by atoms with Crippen LogP contribution in [0.25, 0.3) is 0 Å². The maximum atomic E-state index is 15.2. The Kier molecular flexibility index (Phi) is 11.9. The minimum absolute atomic E-state index is 0.0252. The van der Waals surface area contributed by atoms with Crippen LogP contribution in [0.3, 0.4) is 0 Å². The molecule has 9 heteroatoms. The fourth-order valence-corrected chi connectivity index (χ4v) is 7.71. The third-order valence-corrected chi connectivity index (χ3v) is 11.0. The van der Waals surface area contributed by atoms with Crippen LogP contribution in [0.5, 0.6) is 0 Å². The molecule has 2 amide bonds. The van der Waals surface area contributed by atoms with E-state index < -0.39 is 34.3 Å². The molecule has 1 aliphatic carbocycles. The molecule has 0 unspecified atom stereocenters. The Bertz CT molecular complexity index is 1810. The molecule has 1 N–H and O–H groups in total. The highest BCUT2D eigenvalue weighted by Gasteiger charge is 2.35. The first-order chi connectivity index (χ1) is 23.5. The minimum atomic E-state index is -4.23. The van der Waals surface area contributed by atoms with E-state index in [-0.39, 0.29) is 41.3 Å². The molecule has 0 aliphatic heterocycles. The van der Waals surface area contributed by atoms with E-state index in [1.165, 1.54) is 23.1 Å². The van der Waals surface area contributed by atoms with Crippen LogP contribution < -0.4 is 9.62 Å². The lowest BCUT2D eigenvalue weighted by Crippen LogP contribution is -2.55. The summed E-state index contributed by atoms with van der Waals surface area (Å²) in [5.41, 5.74) is 3.29. The van der Waals surface area contributed by atoms with Crippen LogP contribution in [-0.2, 0) is 32.6 Å². The van der Waals surface area contributed by atoms with Gasteiger partial charge in [-0.1, -0.05) is 111 Å². The van der Waals surface area contributed by atoms with Crippen molar-refractivity contribution in [2.45, 2.75) is 88.7 Å². The van der Waals surface area contributed by atoms with E-state index in [4.69, 9.17) is 0 Å². The van der Waals surface area contributed by atoms with Crippen molar-refractivity contribution in [3.8, 4) is 0 Å². The first kappa shape index (κ1) is 35.8. The zero-order valence-electron chi connectivity index (χ0n) is 28.5. The summed E-state index contributed by atoms with van der Waals surface area (Å²) in [7, 11) is -4.23. The quantitative estimate of drug-likeness (QED) is 0.158. The Labute approximate surface area is 290 Å². The van der Waals surface area contributed by atoms with Gasteiger partial charge in [0, 0.05) is 24.6 Å². The highest BCUT2D eigenvalue weighted by molar-refractivity contribution is 7.92. The number of carbonyl (C=O) groups excluding carboxylic acids is 2. The van der Waals surface area contributed by atoms with Crippen LogP contribution >= 0.6 is 0 Å². The molecule has 0 spiro atoms. The van der Waals surface area contributed by atoms with Crippen LogP contribution in [0.1, 0.15) is 74.1 Å². The van der Waals surface area contributed by atoms with Crippen molar-refractivity contribution in [1.29, 1.82) is 0 Å². The molecule has 0 saturated heterocycles. The fraction of sp³-hybridized carbons (Fsp3) is 0.350. The second-order valence-corrected chi connectivity index (χ2v) is 15.1. The first-order valence-electron chi connectivity index (χ1n) is 17.1. The maximum absolute atomic E-state index is 15.2. The monoisotopic (exact) mass is 683 g/mol. The third kappa shape index (κ3) is 9.15. The molecule has 0 heterocycles. The number of hydrogen-bond donors (Lipinski definition) is 1. The zero-order chi connectivity index (χ0) is 35.0. The number of amides is 2. The summed E-state index contributed by atoms with van der Waals surface area (Å²) in [5.74, 6) is -1.25. The van der Waals surface area contributed by atoms with Crippen molar-refractivity contribution in [3.05, 3.63) is 131 Å². The normalized spacial score (nSPS) is 14.3. The van der Waals surface area contributed by atoms with Crippen molar-refractivity contribution in [2.24, 2.45) is 0 Å². The van der Waals surface area contributed by atoms with Gasteiger partial charge in [-0.25, -0.2) is 12.8 Å². The number of halogens is 1. The molecule has 1 atom stereocenters. The molecular formula is C40H46FN3O4S. The number of sulfonamides is 1. The van der Waals surface area contributed by atoms with Gasteiger partial charge in [-0.2, -0.15) is 0 Å². The van der Waals surface area contributed by atoms with Crippen molar-refractivity contribution in [1.82, 2.24) is 10.2 Å². The Morgan fingerprint density at radius 3 is 2.10 bits per heavy atom. The molecule has 258 valence electrons. The molecular weight excluding hydrogens is 638 g/mol. The van der Waals surface area contributed by atoms with Gasteiger partial charge in [0.2, 0.25) is 11.8 Å². The van der Waals surface area contributed by atoms with Gasteiger partial charge in [0.05, 0.1) is 10.6 Å². The zero-order valence-corrected chi connectivity index (χ0v) is 29.3. The van der Waals surface area contributed by atoms with E-state index in [9.17, 15) is 18.0 Å². The number of nitrogens with one attached hydrogen (secondary N) is 1. The smallest absolute Gasteiger partial charge is 0.264 e. The summed E-state index contributed by atoms with van der Waals surface area (Å²) in [4.78, 5) is 30.3. The topological polar surface area (TPSA) is 86.8 Å². The molecule has 4 aromatic rings. The molecule has 1 fully saturated rings. The number of benzene rings is 4. The van der Waals surface area contributed by atoms with E-state index in [2.05, 4.69) is 5.32 Å². The number of hydrogen-bond acceptors (Lipinski definition) is 4. The van der Waals surface area contributed by atoms with Gasteiger partial charge in [-0.15, -0.1) is 0 Å². The lowest BCUT2D eigenvalue weighted by atomic mass is 9.94. The van der Waals surface area contributed by atoms with Crippen LogP contribution in [-0.4, -0.2) is 43.8 Å². The summed E-state index contributed by atoms with van der Waals surface area (Å²) in [6, 6.07) is 28.1. The van der Waals surface area contributed by atoms with Gasteiger partial charge in [-0.05, 0) is 67.1 Å². The minimum Gasteiger partial charge on any atom is -0.352 e. The van der Waals surface area contributed by atoms with E-state index in [0.29, 0.717) is 5.69 Å². The molecule has 0 aromatic heterocycles. The van der Waals surface area contributed by atoms with Gasteiger partial charge in [0.1, 0.15) is 18.4 Å². The van der Waals surface area contributed by atoms with Gasteiger partial charge in [-0.3, -0.25) is 13.9 Å². The summed E-state index contributed by atoms with van der Waals surface area (Å²) >= 11 is 0. The molecule has 7 nitrogen and oxygen atoms in total. The predicted molar refractivity (Wildman–Crippen MR) is 192 cm³/mol.